The first kappa shape index (κ1) is 24.0. The summed E-state index contributed by atoms with van der Waals surface area (Å²) in [6.07, 6.45) is -0.612. The van der Waals surface area contributed by atoms with Crippen LogP contribution in [-0.2, 0) is 9.53 Å². The normalized spacial score (nSPS) is 35.0. The predicted octanol–water partition coefficient (Wildman–Crippen LogP) is 0.499. The van der Waals surface area contributed by atoms with Gasteiger partial charge in [0.1, 0.15) is 24.1 Å². The van der Waals surface area contributed by atoms with Gasteiger partial charge in [-0.15, -0.1) is 6.58 Å². The number of ether oxygens (including phenoxy) is 1. The molecule has 0 aromatic carbocycles. The Kier molecular flexibility index (Phi) is 7.12. The van der Waals surface area contributed by atoms with Gasteiger partial charge in [-0.05, 0) is 36.7 Å². The van der Waals surface area contributed by atoms with Crippen molar-refractivity contribution < 1.29 is 34.8 Å². The lowest BCUT2D eigenvalue weighted by Gasteiger charge is -2.38. The minimum Gasteiger partial charge on any atom is -0.507 e. The van der Waals surface area contributed by atoms with Crippen LogP contribution in [0.2, 0.25) is 0 Å². The van der Waals surface area contributed by atoms with E-state index >= 15 is 0 Å². The topological polar surface area (TPSA) is 138 Å². The van der Waals surface area contributed by atoms with E-state index in [1.54, 1.807) is 6.08 Å². The predicted molar refractivity (Wildman–Crippen MR) is 115 cm³/mol. The summed E-state index contributed by atoms with van der Waals surface area (Å²) in [7, 11) is 1.12. The van der Waals surface area contributed by atoms with Crippen LogP contribution in [0, 0.1) is 17.8 Å². The summed E-state index contributed by atoms with van der Waals surface area (Å²) in [6, 6.07) is 1.31. The number of aromatic nitrogens is 1. The van der Waals surface area contributed by atoms with E-state index in [1.165, 1.54) is 12.3 Å². The molecule has 32 heavy (non-hydrogen) atoms. The number of carbonyl (C=O) groups is 1. The molecular formula is C23H31NO8. The molecule has 0 saturated heterocycles. The second-order valence-electron chi connectivity index (χ2n) is 8.84. The van der Waals surface area contributed by atoms with Crippen molar-refractivity contribution in [3.05, 3.63) is 52.5 Å². The average molecular weight is 450 g/mol. The Balaban J connectivity index is 2.03. The molecule has 176 valence electrons. The van der Waals surface area contributed by atoms with Crippen molar-refractivity contribution in [2.75, 3.05) is 7.11 Å². The lowest BCUT2D eigenvalue weighted by Crippen LogP contribution is -2.55. The number of esters is 1. The molecule has 1 fully saturated rings. The van der Waals surface area contributed by atoms with E-state index in [2.05, 4.69) is 18.2 Å². The highest BCUT2D eigenvalue weighted by Crippen LogP contribution is 2.45. The molecule has 0 aliphatic heterocycles. The van der Waals surface area contributed by atoms with Crippen molar-refractivity contribution in [3.8, 4) is 5.75 Å². The van der Waals surface area contributed by atoms with Crippen molar-refractivity contribution in [1.82, 2.24) is 4.73 Å². The maximum atomic E-state index is 13.4. The van der Waals surface area contributed by atoms with E-state index in [0.29, 0.717) is 5.92 Å². The molecule has 9 nitrogen and oxygen atoms in total. The summed E-state index contributed by atoms with van der Waals surface area (Å²) < 4.78 is 5.51. The largest absolute Gasteiger partial charge is 0.507 e. The maximum Gasteiger partial charge on any atom is 0.337 e. The van der Waals surface area contributed by atoms with Crippen LogP contribution in [0.25, 0.3) is 0 Å². The van der Waals surface area contributed by atoms with Crippen LogP contribution in [0.3, 0.4) is 0 Å². The van der Waals surface area contributed by atoms with Gasteiger partial charge in [0.05, 0.1) is 24.4 Å². The molecule has 0 radical (unpaired) electrons. The fourth-order valence-corrected chi connectivity index (χ4v) is 5.06. The minimum absolute atomic E-state index is 0.0223. The van der Waals surface area contributed by atoms with Crippen molar-refractivity contribution in [1.29, 1.82) is 0 Å². The van der Waals surface area contributed by atoms with Gasteiger partial charge in [-0.1, -0.05) is 19.9 Å². The molecule has 2 aliphatic carbocycles. The van der Waals surface area contributed by atoms with Crippen molar-refractivity contribution in [2.24, 2.45) is 17.8 Å². The van der Waals surface area contributed by atoms with Gasteiger partial charge in [0.2, 0.25) is 0 Å². The van der Waals surface area contributed by atoms with Crippen LogP contribution in [-0.4, -0.2) is 62.7 Å². The van der Waals surface area contributed by atoms with Gasteiger partial charge in [-0.2, -0.15) is 4.73 Å². The van der Waals surface area contributed by atoms with E-state index in [4.69, 9.17) is 4.84 Å². The third-order valence-corrected chi connectivity index (χ3v) is 6.55. The molecule has 1 aromatic heterocycles. The van der Waals surface area contributed by atoms with E-state index in [-0.39, 0.29) is 34.6 Å². The molecule has 0 spiro atoms. The Morgan fingerprint density at radius 1 is 1.22 bits per heavy atom. The van der Waals surface area contributed by atoms with E-state index in [1.807, 2.05) is 6.92 Å². The van der Waals surface area contributed by atoms with Gasteiger partial charge in [-0.25, -0.2) is 4.79 Å². The quantitative estimate of drug-likeness (QED) is 0.377. The van der Waals surface area contributed by atoms with Crippen molar-refractivity contribution in [2.45, 2.75) is 57.0 Å². The summed E-state index contributed by atoms with van der Waals surface area (Å²) in [5.41, 5.74) is -0.699. The SMILES string of the molecule is C=CC1CC(C)CC(C)C1c1c(O)ccn(OC2C(C(=O)OC)=CC(O)C(O)C2O)c1=O. The molecular weight excluding hydrogens is 418 g/mol. The number of nitrogens with zero attached hydrogens (tertiary/aromatic N) is 1. The number of pyridine rings is 1. The average Bonchev–Trinajstić information content (AvgIpc) is 2.75. The highest BCUT2D eigenvalue weighted by molar-refractivity contribution is 5.90. The summed E-state index contributed by atoms with van der Waals surface area (Å²) >= 11 is 0. The second kappa shape index (κ2) is 9.48. The Morgan fingerprint density at radius 3 is 2.53 bits per heavy atom. The monoisotopic (exact) mass is 449 g/mol. The summed E-state index contributed by atoms with van der Waals surface area (Å²) in [4.78, 5) is 31.2. The lowest BCUT2D eigenvalue weighted by atomic mass is 9.66. The first-order chi connectivity index (χ1) is 15.1. The molecule has 1 saturated carbocycles. The molecule has 4 N–H and O–H groups in total. The first-order valence-corrected chi connectivity index (χ1v) is 10.7. The van der Waals surface area contributed by atoms with Gasteiger partial charge in [0.25, 0.3) is 5.56 Å². The number of aromatic hydroxyl groups is 1. The standard InChI is InChI=1S/C23H31NO8/c1-5-13-9-11(2)8-12(3)17(13)18-15(25)6-7-24(22(18)29)32-21-14(23(30)31-4)10-16(26)19(27)20(21)28/h5-7,10-13,16-17,19-21,25-28H,1,8-9H2,2-4H3. The number of methoxy groups -OCH3 is 1. The molecule has 1 aromatic rings. The van der Waals surface area contributed by atoms with Crippen molar-refractivity contribution in [3.63, 3.8) is 0 Å². The zero-order chi connectivity index (χ0) is 23.7. The number of hydrogen-bond donors (Lipinski definition) is 4. The Hall–Kier alpha value is -2.62. The lowest BCUT2D eigenvalue weighted by molar-refractivity contribution is -0.146. The van der Waals surface area contributed by atoms with Crippen LogP contribution < -0.4 is 10.4 Å². The molecule has 9 heteroatoms. The van der Waals surface area contributed by atoms with Crippen LogP contribution >= 0.6 is 0 Å². The summed E-state index contributed by atoms with van der Waals surface area (Å²) in [5, 5.41) is 41.0. The Labute approximate surface area is 186 Å². The van der Waals surface area contributed by atoms with Gasteiger partial charge in [0.15, 0.2) is 6.10 Å². The van der Waals surface area contributed by atoms with E-state index in [9.17, 15) is 30.0 Å². The van der Waals surface area contributed by atoms with Gasteiger partial charge in [0, 0.05) is 12.0 Å². The molecule has 2 aliphatic rings. The Bertz CT molecular complexity index is 954. The van der Waals surface area contributed by atoms with Crippen LogP contribution in [0.15, 0.2) is 41.4 Å². The third kappa shape index (κ3) is 4.32. The van der Waals surface area contributed by atoms with Crippen LogP contribution in [0.1, 0.15) is 38.2 Å². The molecule has 3 rings (SSSR count). The summed E-state index contributed by atoms with van der Waals surface area (Å²) in [6.45, 7) is 8.07. The molecule has 8 unspecified atom stereocenters. The number of hydrogen-bond acceptors (Lipinski definition) is 8. The fraction of sp³-hybridized carbons (Fsp3) is 0.565. The molecule has 1 heterocycles. The van der Waals surface area contributed by atoms with E-state index in [0.717, 1.165) is 30.8 Å². The van der Waals surface area contributed by atoms with Gasteiger partial charge >= 0.3 is 5.97 Å². The number of aliphatic hydroxyl groups excluding tert-OH is 3. The molecule has 0 amide bonds. The number of allylic oxidation sites excluding steroid dienone is 1. The van der Waals surface area contributed by atoms with Crippen molar-refractivity contribution >= 4 is 5.97 Å². The maximum absolute atomic E-state index is 13.4. The first-order valence-electron chi connectivity index (χ1n) is 10.7. The Morgan fingerprint density at radius 2 is 1.91 bits per heavy atom. The summed E-state index contributed by atoms with van der Waals surface area (Å²) in [5.74, 6) is -0.812. The fourth-order valence-electron chi connectivity index (χ4n) is 5.06. The second-order valence-corrected chi connectivity index (χ2v) is 8.84. The van der Waals surface area contributed by atoms with Gasteiger partial charge in [-0.3, -0.25) is 4.79 Å². The highest BCUT2D eigenvalue weighted by atomic mass is 16.7. The zero-order valence-corrected chi connectivity index (χ0v) is 18.4. The van der Waals surface area contributed by atoms with Crippen LogP contribution in [0.4, 0.5) is 0 Å². The minimum atomic E-state index is -1.70. The number of aliphatic hydroxyl groups is 3. The number of carbonyl (C=O) groups excluding carboxylic acids is 1. The van der Waals surface area contributed by atoms with Gasteiger partial charge < -0.3 is 30.0 Å². The van der Waals surface area contributed by atoms with E-state index < -0.39 is 35.9 Å². The number of rotatable bonds is 5. The van der Waals surface area contributed by atoms with Crippen LogP contribution in [0.5, 0.6) is 5.75 Å². The third-order valence-electron chi connectivity index (χ3n) is 6.55. The molecule has 0 bridgehead atoms. The highest BCUT2D eigenvalue weighted by Gasteiger charge is 2.43. The smallest absolute Gasteiger partial charge is 0.337 e. The molecule has 8 atom stereocenters. The zero-order valence-electron chi connectivity index (χ0n) is 18.4.